The van der Waals surface area contributed by atoms with Crippen LogP contribution >= 0.6 is 0 Å². The second kappa shape index (κ2) is 7.91. The van der Waals surface area contributed by atoms with E-state index in [-0.39, 0.29) is 30.2 Å². The van der Waals surface area contributed by atoms with Crippen LogP contribution in [-0.2, 0) is 15.9 Å². The molecule has 156 valence electrons. The summed E-state index contributed by atoms with van der Waals surface area (Å²) in [6.07, 6.45) is 10.9. The molecule has 0 radical (unpaired) electrons. The number of carbonyl (C=O) groups excluding carboxylic acids is 1. The maximum absolute atomic E-state index is 12.5. The normalized spacial score (nSPS) is 29.8. The van der Waals surface area contributed by atoms with Gasteiger partial charge in [-0.3, -0.25) is 4.79 Å². The predicted octanol–water partition coefficient (Wildman–Crippen LogP) is 2.44. The molecule has 5 rings (SSSR count). The highest BCUT2D eigenvalue weighted by Crippen LogP contribution is 2.34. The number of ether oxygens (including phenoxy) is 2. The molecule has 1 aliphatic carbocycles. The molecule has 0 bridgehead atoms. The van der Waals surface area contributed by atoms with E-state index in [1.165, 1.54) is 38.4 Å². The fourth-order valence-electron chi connectivity index (χ4n) is 4.92. The van der Waals surface area contributed by atoms with Gasteiger partial charge in [0.05, 0.1) is 31.2 Å². The number of nitrogens with one attached hydrogen (secondary N) is 1. The molecule has 3 aliphatic rings. The van der Waals surface area contributed by atoms with E-state index in [0.717, 1.165) is 23.6 Å². The van der Waals surface area contributed by atoms with Gasteiger partial charge in [0.15, 0.2) is 5.76 Å². The summed E-state index contributed by atoms with van der Waals surface area (Å²) < 4.78 is 19.2. The Balaban J connectivity index is 1.21. The predicted molar refractivity (Wildman–Crippen MR) is 104 cm³/mol. The van der Waals surface area contributed by atoms with Crippen LogP contribution in [-0.4, -0.2) is 52.4 Å². The lowest BCUT2D eigenvalue weighted by Crippen LogP contribution is -2.44. The Hall–Kier alpha value is -2.19. The molecular weight excluding hydrogens is 372 g/mol. The fraction of sp³-hybridized carbons (Fsp3) is 0.667. The lowest BCUT2D eigenvalue weighted by atomic mass is 9.86. The minimum Gasteiger partial charge on any atom is -0.459 e. The number of rotatable bonds is 5. The summed E-state index contributed by atoms with van der Waals surface area (Å²) in [7, 11) is 0. The second-order valence-corrected chi connectivity index (χ2v) is 8.57. The van der Waals surface area contributed by atoms with Crippen LogP contribution in [0.4, 0.5) is 0 Å². The average molecular weight is 400 g/mol. The zero-order valence-corrected chi connectivity index (χ0v) is 16.8. The zero-order chi connectivity index (χ0) is 19.8. The van der Waals surface area contributed by atoms with E-state index in [9.17, 15) is 4.79 Å². The van der Waals surface area contributed by atoms with Crippen LogP contribution in [0.25, 0.3) is 0 Å². The number of nitrogens with zero attached hydrogens (tertiary/aromatic N) is 3. The van der Waals surface area contributed by atoms with Crippen LogP contribution in [0, 0.1) is 12.8 Å². The molecule has 2 aromatic rings. The van der Waals surface area contributed by atoms with Gasteiger partial charge >= 0.3 is 0 Å². The number of hydrogen-bond acceptors (Lipinski definition) is 6. The quantitative estimate of drug-likeness (QED) is 0.829. The molecule has 3 fully saturated rings. The first kappa shape index (κ1) is 18.8. The summed E-state index contributed by atoms with van der Waals surface area (Å²) in [6.45, 7) is 2.78. The van der Waals surface area contributed by atoms with Crippen molar-refractivity contribution in [2.45, 2.75) is 69.7 Å². The van der Waals surface area contributed by atoms with Crippen LogP contribution in [0.2, 0.25) is 0 Å². The molecule has 1 N–H and O–H groups in total. The molecule has 2 aromatic heterocycles. The van der Waals surface area contributed by atoms with Crippen molar-refractivity contribution in [1.82, 2.24) is 20.3 Å². The Labute approximate surface area is 169 Å². The lowest BCUT2D eigenvalue weighted by molar-refractivity contribution is 0.0612. The topological polar surface area (TPSA) is 91.4 Å². The van der Waals surface area contributed by atoms with Crippen LogP contribution in [0.3, 0.4) is 0 Å². The Kier molecular flexibility index (Phi) is 5.13. The van der Waals surface area contributed by atoms with Gasteiger partial charge in [-0.15, -0.1) is 5.10 Å². The zero-order valence-electron chi connectivity index (χ0n) is 16.8. The van der Waals surface area contributed by atoms with Crippen molar-refractivity contribution in [1.29, 1.82) is 0 Å². The molecule has 2 aliphatic heterocycles. The third kappa shape index (κ3) is 3.71. The standard InChI is InChI=1S/C21H28N4O4/c1-13-7-8-27-18(13)21(26)22-16-11-28-20-17(12-29-19(16)20)25-10-15(23-24-25)9-14-5-3-2-4-6-14/h7-8,10,14,16-17,19-20H,2-6,9,11-12H2,1H3,(H,22,26). The Morgan fingerprint density at radius 3 is 2.83 bits per heavy atom. The molecule has 1 saturated carbocycles. The first-order valence-electron chi connectivity index (χ1n) is 10.7. The Morgan fingerprint density at radius 1 is 1.21 bits per heavy atom. The van der Waals surface area contributed by atoms with E-state index in [1.54, 1.807) is 6.07 Å². The number of aryl methyl sites for hydroxylation is 1. The fourth-order valence-corrected chi connectivity index (χ4v) is 4.92. The van der Waals surface area contributed by atoms with E-state index in [4.69, 9.17) is 13.9 Å². The van der Waals surface area contributed by atoms with E-state index in [1.807, 2.05) is 17.8 Å². The first-order chi connectivity index (χ1) is 14.2. The highest BCUT2D eigenvalue weighted by molar-refractivity contribution is 5.93. The third-order valence-electron chi connectivity index (χ3n) is 6.53. The molecule has 4 unspecified atom stereocenters. The van der Waals surface area contributed by atoms with E-state index in [2.05, 4.69) is 15.6 Å². The summed E-state index contributed by atoms with van der Waals surface area (Å²) in [5, 5.41) is 11.8. The minimum absolute atomic E-state index is 0.0140. The smallest absolute Gasteiger partial charge is 0.287 e. The summed E-state index contributed by atoms with van der Waals surface area (Å²) in [5.41, 5.74) is 1.87. The van der Waals surface area contributed by atoms with Crippen molar-refractivity contribution in [3.8, 4) is 0 Å². The van der Waals surface area contributed by atoms with Crippen LogP contribution in [0.5, 0.6) is 0 Å². The van der Waals surface area contributed by atoms with Gasteiger partial charge < -0.3 is 19.2 Å². The van der Waals surface area contributed by atoms with Crippen molar-refractivity contribution in [3.05, 3.63) is 35.5 Å². The van der Waals surface area contributed by atoms with Gasteiger partial charge in [-0.1, -0.05) is 37.3 Å². The molecule has 8 heteroatoms. The average Bonchev–Trinajstić information content (AvgIpc) is 3.49. The largest absolute Gasteiger partial charge is 0.459 e. The number of fused-ring (bicyclic) bond motifs is 1. The molecule has 8 nitrogen and oxygen atoms in total. The Morgan fingerprint density at radius 2 is 2.03 bits per heavy atom. The van der Waals surface area contributed by atoms with Crippen LogP contribution in [0.15, 0.2) is 22.9 Å². The van der Waals surface area contributed by atoms with Gasteiger partial charge in [0, 0.05) is 11.8 Å². The maximum Gasteiger partial charge on any atom is 0.287 e. The van der Waals surface area contributed by atoms with Crippen molar-refractivity contribution in [2.24, 2.45) is 5.92 Å². The van der Waals surface area contributed by atoms with E-state index >= 15 is 0 Å². The minimum atomic E-state index is -0.232. The molecule has 4 heterocycles. The van der Waals surface area contributed by atoms with Gasteiger partial charge in [0.25, 0.3) is 5.91 Å². The molecule has 29 heavy (non-hydrogen) atoms. The van der Waals surface area contributed by atoms with Gasteiger partial charge in [0.1, 0.15) is 18.2 Å². The number of hydrogen-bond donors (Lipinski definition) is 1. The maximum atomic E-state index is 12.5. The number of aromatic nitrogens is 3. The Bertz CT molecular complexity index is 856. The highest BCUT2D eigenvalue weighted by atomic mass is 16.6. The van der Waals surface area contributed by atoms with Gasteiger partial charge in [-0.05, 0) is 25.3 Å². The molecule has 4 atom stereocenters. The van der Waals surface area contributed by atoms with Crippen LogP contribution < -0.4 is 5.32 Å². The monoisotopic (exact) mass is 400 g/mol. The van der Waals surface area contributed by atoms with Crippen molar-refractivity contribution in [3.63, 3.8) is 0 Å². The lowest BCUT2D eigenvalue weighted by Gasteiger charge is -2.20. The third-order valence-corrected chi connectivity index (χ3v) is 6.53. The molecule has 0 spiro atoms. The highest BCUT2D eigenvalue weighted by Gasteiger charge is 2.49. The summed E-state index contributed by atoms with van der Waals surface area (Å²) >= 11 is 0. The van der Waals surface area contributed by atoms with Gasteiger partial charge in [-0.25, -0.2) is 4.68 Å². The van der Waals surface area contributed by atoms with Crippen molar-refractivity contribution in [2.75, 3.05) is 13.2 Å². The molecular formula is C21H28N4O4. The number of carbonyl (C=O) groups is 1. The van der Waals surface area contributed by atoms with Gasteiger partial charge in [-0.2, -0.15) is 0 Å². The van der Waals surface area contributed by atoms with Gasteiger partial charge in [0.2, 0.25) is 0 Å². The summed E-state index contributed by atoms with van der Waals surface area (Å²) in [6, 6.07) is 1.56. The van der Waals surface area contributed by atoms with E-state index in [0.29, 0.717) is 19.0 Å². The number of amides is 1. The summed E-state index contributed by atoms with van der Waals surface area (Å²) in [5.74, 6) is 0.838. The first-order valence-corrected chi connectivity index (χ1v) is 10.7. The SMILES string of the molecule is Cc1ccoc1C(=O)NC1COC2C1OCC2n1cc(CC2CCCCC2)nn1. The summed E-state index contributed by atoms with van der Waals surface area (Å²) in [4.78, 5) is 12.5. The molecule has 0 aromatic carbocycles. The van der Waals surface area contributed by atoms with Crippen LogP contribution in [0.1, 0.15) is 60.0 Å². The van der Waals surface area contributed by atoms with E-state index < -0.39 is 0 Å². The molecule has 2 saturated heterocycles. The van der Waals surface area contributed by atoms with Crippen molar-refractivity contribution >= 4 is 5.91 Å². The van der Waals surface area contributed by atoms with Crippen molar-refractivity contribution < 1.29 is 18.7 Å². The number of furan rings is 1. The molecule has 1 amide bonds. The second-order valence-electron chi connectivity index (χ2n) is 8.57.